The average molecular weight is 357 g/mol. The summed E-state index contributed by atoms with van der Waals surface area (Å²) in [6.45, 7) is 9.05. The molecular weight excluding hydrogens is 327 g/mol. The van der Waals surface area contributed by atoms with Crippen LogP contribution in [0.25, 0.3) is 0 Å². The van der Waals surface area contributed by atoms with Gasteiger partial charge in [0.25, 0.3) is 0 Å². The van der Waals surface area contributed by atoms with Crippen molar-refractivity contribution in [3.63, 3.8) is 0 Å². The fourth-order valence-corrected chi connectivity index (χ4v) is 12.6. The molecule has 0 aromatic rings. The van der Waals surface area contributed by atoms with Crippen molar-refractivity contribution in [2.24, 2.45) is 17.3 Å². The molecule has 18 heavy (non-hydrogen) atoms. The number of aliphatic hydroxyl groups is 1. The van der Waals surface area contributed by atoms with Crippen molar-refractivity contribution in [1.82, 2.24) is 0 Å². The molecule has 0 amide bonds. The van der Waals surface area contributed by atoms with E-state index in [4.69, 9.17) is 0 Å². The first kappa shape index (κ1) is 14.9. The molecule has 0 saturated heterocycles. The van der Waals surface area contributed by atoms with Crippen LogP contribution in [0.1, 0.15) is 39.5 Å². The first-order chi connectivity index (χ1) is 8.18. The monoisotopic (exact) mass is 358 g/mol. The van der Waals surface area contributed by atoms with Crippen LogP contribution in [0.2, 0.25) is 18.8 Å². The van der Waals surface area contributed by atoms with E-state index in [0.717, 1.165) is 3.93 Å². The molecule has 0 radical (unpaired) electrons. The van der Waals surface area contributed by atoms with Gasteiger partial charge >= 0.3 is 117 Å². The molecule has 104 valence electrons. The maximum absolute atomic E-state index is 10.8. The topological polar surface area (TPSA) is 20.2 Å². The molecule has 1 nitrogen and oxygen atoms in total. The Morgan fingerprint density at radius 3 is 2.50 bits per heavy atom. The zero-order valence-corrected chi connectivity index (χ0v) is 15.6. The Labute approximate surface area is 117 Å². The van der Waals surface area contributed by atoms with Crippen LogP contribution in [0, 0.1) is 17.3 Å². The quantitative estimate of drug-likeness (QED) is 0.543. The Balaban J connectivity index is 2.35. The van der Waals surface area contributed by atoms with E-state index in [0.29, 0.717) is 11.8 Å². The van der Waals surface area contributed by atoms with E-state index in [2.05, 4.69) is 35.2 Å². The van der Waals surface area contributed by atoms with Crippen molar-refractivity contribution in [2.75, 3.05) is 0 Å². The van der Waals surface area contributed by atoms with Gasteiger partial charge in [-0.1, -0.05) is 0 Å². The minimum atomic E-state index is -1.98. The third-order valence-corrected chi connectivity index (χ3v) is 14.4. The molecule has 0 aliphatic heterocycles. The molecule has 0 spiro atoms. The molecule has 0 aromatic heterocycles. The van der Waals surface area contributed by atoms with Gasteiger partial charge in [0.15, 0.2) is 0 Å². The standard InChI is InChI=1S/C13H21O.3CH3.Sn/c1-9-7-8-13(3)10(2)5-4-6-11(13)12(9)14;;;;/h7,9,11-12,14H,2,4-6,8H2,1,3H3;3*1H3;/t9-,11-,12+,13-;;;;/m0..../s1. The maximum atomic E-state index is 10.8. The Hall–Kier alpha value is 0.499. The summed E-state index contributed by atoms with van der Waals surface area (Å²) in [4.78, 5) is 7.58. The van der Waals surface area contributed by atoms with Crippen LogP contribution in [0.3, 0.4) is 0 Å². The fraction of sp³-hybridized carbons (Fsp3) is 0.875. The zero-order valence-electron chi connectivity index (χ0n) is 12.8. The van der Waals surface area contributed by atoms with Gasteiger partial charge in [0, 0.05) is 0 Å². The van der Waals surface area contributed by atoms with Gasteiger partial charge in [-0.2, -0.15) is 0 Å². The Morgan fingerprint density at radius 1 is 1.33 bits per heavy atom. The normalized spacial score (nSPS) is 45.8. The summed E-state index contributed by atoms with van der Waals surface area (Å²) in [6, 6.07) is 0. The van der Waals surface area contributed by atoms with E-state index in [1.54, 1.807) is 0 Å². The number of fused-ring (bicyclic) bond motifs is 1. The van der Waals surface area contributed by atoms with E-state index in [-0.39, 0.29) is 11.5 Å². The number of hydrogen-bond acceptors (Lipinski definition) is 1. The predicted octanol–water partition coefficient (Wildman–Crippen LogP) is 4.46. The fourth-order valence-electron chi connectivity index (χ4n) is 4.59. The summed E-state index contributed by atoms with van der Waals surface area (Å²) in [5.41, 5.74) is 1.64. The van der Waals surface area contributed by atoms with Crippen LogP contribution < -0.4 is 0 Å². The summed E-state index contributed by atoms with van der Waals surface area (Å²) >= 11 is -1.98. The molecule has 2 saturated carbocycles. The van der Waals surface area contributed by atoms with Crippen molar-refractivity contribution in [3.05, 3.63) is 12.2 Å². The van der Waals surface area contributed by atoms with Gasteiger partial charge in [0.1, 0.15) is 0 Å². The molecule has 2 aliphatic carbocycles. The van der Waals surface area contributed by atoms with E-state index >= 15 is 0 Å². The van der Waals surface area contributed by atoms with Gasteiger partial charge in [0.05, 0.1) is 0 Å². The summed E-state index contributed by atoms with van der Waals surface area (Å²) in [6.07, 6.45) is 4.82. The van der Waals surface area contributed by atoms with E-state index < -0.39 is 18.4 Å². The molecule has 0 unspecified atom stereocenters. The SMILES string of the molecule is C=C1CCC[C@H]2[C@H](O)[C@@H](C)[C@H]([Sn]([CH3])([CH3])[CH3])C[C@@]12C. The van der Waals surface area contributed by atoms with Gasteiger partial charge in [-0.3, -0.25) is 0 Å². The van der Waals surface area contributed by atoms with Crippen LogP contribution in [0.4, 0.5) is 0 Å². The molecule has 0 bridgehead atoms. The van der Waals surface area contributed by atoms with E-state index in [1.807, 2.05) is 0 Å². The van der Waals surface area contributed by atoms with Gasteiger partial charge < -0.3 is 0 Å². The average Bonchev–Trinajstić information content (AvgIpc) is 2.25. The molecule has 2 aliphatic rings. The van der Waals surface area contributed by atoms with E-state index in [1.165, 1.54) is 31.3 Å². The molecule has 5 atom stereocenters. The third kappa shape index (κ3) is 2.30. The Kier molecular flexibility index (Phi) is 3.97. The summed E-state index contributed by atoms with van der Waals surface area (Å²) in [5, 5.41) is 10.8. The third-order valence-electron chi connectivity index (χ3n) is 5.96. The van der Waals surface area contributed by atoms with Crippen molar-refractivity contribution in [1.29, 1.82) is 0 Å². The van der Waals surface area contributed by atoms with Gasteiger partial charge in [0.2, 0.25) is 0 Å². The van der Waals surface area contributed by atoms with Crippen LogP contribution in [0.15, 0.2) is 12.2 Å². The first-order valence-electron chi connectivity index (χ1n) is 7.54. The second-order valence-electron chi connectivity index (χ2n) is 8.05. The zero-order chi connectivity index (χ0) is 13.7. The molecule has 2 rings (SSSR count). The van der Waals surface area contributed by atoms with Crippen molar-refractivity contribution >= 4 is 18.4 Å². The summed E-state index contributed by atoms with van der Waals surface area (Å²) in [7, 11) is 0. The van der Waals surface area contributed by atoms with Gasteiger partial charge in [-0.05, 0) is 0 Å². The molecule has 0 aromatic carbocycles. The molecule has 2 heteroatoms. The molecular formula is C16H30OSn. The summed E-state index contributed by atoms with van der Waals surface area (Å²) in [5.74, 6) is 0.975. The van der Waals surface area contributed by atoms with Gasteiger partial charge in [-0.15, -0.1) is 0 Å². The molecule has 1 N–H and O–H groups in total. The molecule has 2 fully saturated rings. The number of rotatable bonds is 1. The minimum absolute atomic E-state index is 0.0956. The summed E-state index contributed by atoms with van der Waals surface area (Å²) < 4.78 is 0.797. The van der Waals surface area contributed by atoms with Crippen molar-refractivity contribution < 1.29 is 5.11 Å². The number of hydrogen-bond donors (Lipinski definition) is 1. The number of allylic oxidation sites excluding steroid dienone is 1. The van der Waals surface area contributed by atoms with Crippen LogP contribution >= 0.6 is 0 Å². The predicted molar refractivity (Wildman–Crippen MR) is 81.5 cm³/mol. The second kappa shape index (κ2) is 4.80. The number of aliphatic hydroxyl groups excluding tert-OH is 1. The first-order valence-corrected chi connectivity index (χ1v) is 17.8. The Morgan fingerprint density at radius 2 is 1.94 bits per heavy atom. The van der Waals surface area contributed by atoms with Crippen LogP contribution in [0.5, 0.6) is 0 Å². The molecule has 0 heterocycles. The van der Waals surface area contributed by atoms with Crippen LogP contribution in [-0.2, 0) is 0 Å². The second-order valence-corrected chi connectivity index (χ2v) is 23.7. The van der Waals surface area contributed by atoms with Crippen molar-refractivity contribution in [3.8, 4) is 0 Å². The van der Waals surface area contributed by atoms with E-state index in [9.17, 15) is 5.11 Å². The van der Waals surface area contributed by atoms with Crippen molar-refractivity contribution in [2.45, 2.75) is 64.4 Å². The van der Waals surface area contributed by atoms with Crippen LogP contribution in [-0.4, -0.2) is 29.6 Å². The van der Waals surface area contributed by atoms with Gasteiger partial charge in [-0.25, -0.2) is 0 Å². The Bertz CT molecular complexity index is 343.